The maximum Gasteiger partial charge on any atom is 0.310 e. The molecule has 0 atom stereocenters. The number of nitriles is 1. The predicted molar refractivity (Wildman–Crippen MR) is 109 cm³/mol. The maximum absolute atomic E-state index is 13.6. The van der Waals surface area contributed by atoms with Crippen molar-refractivity contribution in [2.75, 3.05) is 6.54 Å². The van der Waals surface area contributed by atoms with Crippen molar-refractivity contribution in [3.8, 4) is 6.07 Å². The monoisotopic (exact) mass is 472 g/mol. The highest BCUT2D eigenvalue weighted by Crippen LogP contribution is 2.46. The molecule has 9 heteroatoms. The average Bonchev–Trinajstić information content (AvgIpc) is 3.52. The Kier molecular flexibility index (Phi) is 6.47. The Labute approximate surface area is 180 Å². The number of halogens is 2. The van der Waals surface area contributed by atoms with E-state index in [0.717, 1.165) is 18.4 Å². The minimum Gasteiger partial charge on any atom is -0.344 e. The lowest BCUT2D eigenvalue weighted by molar-refractivity contribution is -0.139. The van der Waals surface area contributed by atoms with E-state index in [1.54, 1.807) is 42.5 Å². The van der Waals surface area contributed by atoms with Gasteiger partial charge in [0.1, 0.15) is 12.4 Å². The van der Waals surface area contributed by atoms with Gasteiger partial charge in [-0.3, -0.25) is 14.4 Å². The van der Waals surface area contributed by atoms with Crippen LogP contribution in [-0.2, 0) is 21.7 Å². The van der Waals surface area contributed by atoms with Gasteiger partial charge < -0.3 is 16.0 Å². The van der Waals surface area contributed by atoms with Gasteiger partial charge in [0.05, 0.1) is 16.1 Å². The van der Waals surface area contributed by atoms with Gasteiger partial charge in [0.25, 0.3) is 5.91 Å². The summed E-state index contributed by atoms with van der Waals surface area (Å²) in [6.45, 7) is -0.301. The Balaban J connectivity index is 1.70. The van der Waals surface area contributed by atoms with Gasteiger partial charge >= 0.3 is 11.8 Å². The second kappa shape index (κ2) is 9.05. The predicted octanol–water partition coefficient (Wildman–Crippen LogP) is 2.26. The minimum atomic E-state index is -0.919. The van der Waals surface area contributed by atoms with E-state index < -0.39 is 17.4 Å². The van der Waals surface area contributed by atoms with Crippen molar-refractivity contribution in [1.82, 2.24) is 16.0 Å². The summed E-state index contributed by atoms with van der Waals surface area (Å²) in [6.07, 6.45) is 1.46. The average molecular weight is 473 g/mol. The second-order valence-electron chi connectivity index (χ2n) is 6.85. The van der Waals surface area contributed by atoms with Crippen LogP contribution in [0.1, 0.15) is 34.3 Å². The van der Waals surface area contributed by atoms with Crippen LogP contribution >= 0.6 is 15.9 Å². The van der Waals surface area contributed by atoms with Gasteiger partial charge in [-0.15, -0.1) is 0 Å². The Bertz CT molecular complexity index is 1050. The van der Waals surface area contributed by atoms with Gasteiger partial charge in [-0.2, -0.15) is 5.26 Å². The van der Waals surface area contributed by atoms with E-state index in [4.69, 9.17) is 5.26 Å². The molecule has 0 heterocycles. The minimum absolute atomic E-state index is 0.0303. The summed E-state index contributed by atoms with van der Waals surface area (Å²) in [6, 6.07) is 13.1. The first kappa shape index (κ1) is 21.5. The Morgan fingerprint density at radius 3 is 2.47 bits per heavy atom. The van der Waals surface area contributed by atoms with Crippen molar-refractivity contribution in [1.29, 1.82) is 5.26 Å². The highest BCUT2D eigenvalue weighted by molar-refractivity contribution is 9.10. The van der Waals surface area contributed by atoms with Crippen molar-refractivity contribution < 1.29 is 18.8 Å². The van der Waals surface area contributed by atoms with E-state index in [1.807, 2.05) is 0 Å². The fourth-order valence-electron chi connectivity index (χ4n) is 3.04. The third kappa shape index (κ3) is 4.83. The van der Waals surface area contributed by atoms with Gasteiger partial charge in [-0.05, 0) is 58.1 Å². The molecule has 1 aliphatic rings. The topological polar surface area (TPSA) is 111 Å². The molecule has 0 saturated heterocycles. The molecule has 1 fully saturated rings. The molecule has 1 saturated carbocycles. The van der Waals surface area contributed by atoms with E-state index in [1.165, 1.54) is 6.07 Å². The number of nitrogens with one attached hydrogen (secondary N) is 3. The molecule has 0 spiro atoms. The molecule has 0 aliphatic heterocycles. The molecular formula is C21H18BrFN4O3. The normalized spacial score (nSPS) is 13.6. The van der Waals surface area contributed by atoms with E-state index in [2.05, 4.69) is 31.9 Å². The van der Waals surface area contributed by atoms with E-state index in [9.17, 15) is 18.8 Å². The van der Waals surface area contributed by atoms with Crippen LogP contribution in [-0.4, -0.2) is 24.3 Å². The Morgan fingerprint density at radius 1 is 1.10 bits per heavy atom. The van der Waals surface area contributed by atoms with Crippen LogP contribution in [0.15, 0.2) is 46.9 Å². The fraction of sp³-hybridized carbons (Fsp3) is 0.238. The number of nitrogens with zero attached hydrogens (tertiary/aromatic N) is 1. The lowest BCUT2D eigenvalue weighted by atomic mass is 10.0. The lowest BCUT2D eigenvalue weighted by Gasteiger charge is -2.20. The highest BCUT2D eigenvalue weighted by Gasteiger charge is 2.46. The van der Waals surface area contributed by atoms with Gasteiger partial charge in [0, 0.05) is 12.1 Å². The number of hydrogen-bond donors (Lipinski definition) is 3. The molecule has 30 heavy (non-hydrogen) atoms. The van der Waals surface area contributed by atoms with Crippen LogP contribution in [0.4, 0.5) is 4.39 Å². The molecule has 0 bridgehead atoms. The van der Waals surface area contributed by atoms with Crippen LogP contribution in [0, 0.1) is 17.1 Å². The summed E-state index contributed by atoms with van der Waals surface area (Å²) in [4.78, 5) is 36.3. The maximum atomic E-state index is 13.6. The summed E-state index contributed by atoms with van der Waals surface area (Å²) < 4.78 is 13.9. The van der Waals surface area contributed by atoms with Crippen molar-refractivity contribution in [3.05, 3.63) is 69.4 Å². The third-order valence-electron chi connectivity index (χ3n) is 4.81. The van der Waals surface area contributed by atoms with E-state index in [-0.39, 0.29) is 24.8 Å². The van der Waals surface area contributed by atoms with Crippen LogP contribution in [0.3, 0.4) is 0 Å². The quantitative estimate of drug-likeness (QED) is 0.442. The van der Waals surface area contributed by atoms with Gasteiger partial charge in [-0.25, -0.2) is 4.39 Å². The Hall–Kier alpha value is -3.25. The molecule has 2 aromatic carbocycles. The molecule has 7 nitrogen and oxygen atoms in total. The van der Waals surface area contributed by atoms with Gasteiger partial charge in [0.2, 0.25) is 0 Å². The molecule has 3 rings (SSSR count). The lowest BCUT2D eigenvalue weighted by Crippen LogP contribution is -2.40. The molecule has 0 radical (unpaired) electrons. The Morgan fingerprint density at radius 2 is 1.80 bits per heavy atom. The van der Waals surface area contributed by atoms with Crippen molar-refractivity contribution >= 4 is 33.7 Å². The number of hydrogen-bond acceptors (Lipinski definition) is 4. The zero-order valence-electron chi connectivity index (χ0n) is 15.8. The molecule has 3 N–H and O–H groups in total. The standard InChI is InChI=1S/C21H18BrFN4O3/c22-16-11-14(5-6-17(16)23)21(7-8-21)27-18(28)15-4-2-1-3-13(15)12-26-20(30)19(29)25-10-9-24/h1-6,11H,7-8,10,12H2,(H,25,29)(H,26,30)(H,27,28). The molecular weight excluding hydrogens is 455 g/mol. The van der Waals surface area contributed by atoms with Crippen LogP contribution in [0.25, 0.3) is 0 Å². The molecule has 154 valence electrons. The van der Waals surface area contributed by atoms with Gasteiger partial charge in [-0.1, -0.05) is 24.3 Å². The molecule has 3 amide bonds. The second-order valence-corrected chi connectivity index (χ2v) is 7.70. The van der Waals surface area contributed by atoms with Crippen LogP contribution in [0.5, 0.6) is 0 Å². The first-order valence-corrected chi connectivity index (χ1v) is 9.94. The van der Waals surface area contributed by atoms with Crippen molar-refractivity contribution in [2.45, 2.75) is 24.9 Å². The number of benzene rings is 2. The molecule has 0 aromatic heterocycles. The molecule has 1 aliphatic carbocycles. The highest BCUT2D eigenvalue weighted by atomic mass is 79.9. The molecule has 0 unspecified atom stereocenters. The van der Waals surface area contributed by atoms with Crippen LogP contribution in [0.2, 0.25) is 0 Å². The van der Waals surface area contributed by atoms with E-state index >= 15 is 0 Å². The molecule has 2 aromatic rings. The smallest absolute Gasteiger partial charge is 0.310 e. The largest absolute Gasteiger partial charge is 0.344 e. The summed E-state index contributed by atoms with van der Waals surface area (Å²) in [5.41, 5.74) is 1.15. The summed E-state index contributed by atoms with van der Waals surface area (Å²) in [5.74, 6) is -2.51. The summed E-state index contributed by atoms with van der Waals surface area (Å²) in [7, 11) is 0. The number of amides is 3. The van der Waals surface area contributed by atoms with Crippen LogP contribution < -0.4 is 16.0 Å². The summed E-state index contributed by atoms with van der Waals surface area (Å²) >= 11 is 3.17. The van der Waals surface area contributed by atoms with Crippen molar-refractivity contribution in [3.63, 3.8) is 0 Å². The fourth-order valence-corrected chi connectivity index (χ4v) is 3.42. The number of carbonyl (C=O) groups excluding carboxylic acids is 3. The van der Waals surface area contributed by atoms with E-state index in [0.29, 0.717) is 15.6 Å². The number of rotatable bonds is 6. The van der Waals surface area contributed by atoms with Gasteiger partial charge in [0.15, 0.2) is 0 Å². The third-order valence-corrected chi connectivity index (χ3v) is 5.42. The summed E-state index contributed by atoms with van der Waals surface area (Å²) in [5, 5.41) is 16.1. The first-order chi connectivity index (χ1) is 14.4. The van der Waals surface area contributed by atoms with Crippen molar-refractivity contribution in [2.24, 2.45) is 0 Å². The zero-order valence-corrected chi connectivity index (χ0v) is 17.4. The number of carbonyl (C=O) groups is 3. The zero-order chi connectivity index (χ0) is 21.7. The first-order valence-electron chi connectivity index (χ1n) is 9.15. The SMILES string of the molecule is N#CCNC(=O)C(=O)NCc1ccccc1C(=O)NC1(c2ccc(F)c(Br)c2)CC1.